The lowest BCUT2D eigenvalue weighted by Gasteiger charge is -1.79. The van der Waals surface area contributed by atoms with Gasteiger partial charge in [-0.05, 0) is 23.2 Å². The number of hydrogen-bond acceptors (Lipinski definition) is 1. The molecule has 0 aliphatic heterocycles. The molecule has 0 heterocycles. The predicted octanol–water partition coefficient (Wildman–Crippen LogP) is 0.713. The normalized spacial score (nSPS) is 11.4. The van der Waals surface area contributed by atoms with Gasteiger partial charge in [-0.3, -0.25) is 5.41 Å². The highest BCUT2D eigenvalue weighted by Gasteiger charge is 1.82. The Balaban J connectivity index is 3.68. The van der Waals surface area contributed by atoms with E-state index in [1.165, 1.54) is 0 Å². The summed E-state index contributed by atoms with van der Waals surface area (Å²) in [6, 6.07) is 0. The molecule has 0 aliphatic carbocycles. The van der Waals surface area contributed by atoms with Gasteiger partial charge in [-0.15, -0.1) is 0 Å². The van der Waals surface area contributed by atoms with Crippen molar-refractivity contribution in [2.75, 3.05) is 0 Å². The van der Waals surface area contributed by atoms with Crippen LogP contribution in [-0.4, -0.2) is 10.6 Å². The molecule has 0 aliphatic rings. The largest absolute Gasteiger partial charge is 0.374 e. The Hall–Kier alpha value is -0.280. The van der Waals surface area contributed by atoms with Gasteiger partial charge >= 0.3 is 0 Å². The molecule has 0 aromatic carbocycles. The fourth-order valence-corrected chi connectivity index (χ4v) is 0.313. The number of amidine groups is 2. The molecule has 0 radical (unpaired) electrons. The van der Waals surface area contributed by atoms with Crippen LogP contribution in [0.1, 0.15) is 0 Å². The van der Waals surface area contributed by atoms with E-state index in [4.69, 9.17) is 34.3 Å². The standard InChI is InChI=1S/C2H3Cl2N3/c3-1(5)7-2(4)6/h(H3,5,6,7). The molecule has 0 saturated heterocycles. The van der Waals surface area contributed by atoms with Crippen molar-refractivity contribution in [1.29, 1.82) is 5.41 Å². The Morgan fingerprint density at radius 1 is 1.57 bits per heavy atom. The van der Waals surface area contributed by atoms with Gasteiger partial charge in [0.1, 0.15) is 0 Å². The molecule has 0 atom stereocenters. The minimum Gasteiger partial charge on any atom is -0.374 e. The SMILES string of the molecule is N=C(Cl)N=C(N)Cl. The first kappa shape index (κ1) is 6.72. The van der Waals surface area contributed by atoms with Crippen molar-refractivity contribution in [3.63, 3.8) is 0 Å². The van der Waals surface area contributed by atoms with E-state index in [1.54, 1.807) is 0 Å². The average Bonchev–Trinajstić information content (AvgIpc) is 1.27. The number of rotatable bonds is 0. The Kier molecular flexibility index (Phi) is 2.71. The fraction of sp³-hybridized carbons (Fsp3) is 0. The zero-order chi connectivity index (χ0) is 5.86. The van der Waals surface area contributed by atoms with Gasteiger partial charge in [-0.25, -0.2) is 0 Å². The van der Waals surface area contributed by atoms with Crippen LogP contribution < -0.4 is 5.73 Å². The molecule has 0 spiro atoms. The van der Waals surface area contributed by atoms with Crippen LogP contribution in [0.4, 0.5) is 0 Å². The highest BCUT2D eigenvalue weighted by atomic mass is 35.5. The number of nitrogens with zero attached hydrogens (tertiary/aromatic N) is 1. The third-order valence-electron chi connectivity index (χ3n) is 0.205. The van der Waals surface area contributed by atoms with Crippen LogP contribution in [0.25, 0.3) is 0 Å². The highest BCUT2D eigenvalue weighted by molar-refractivity contribution is 6.70. The summed E-state index contributed by atoms with van der Waals surface area (Å²) in [5, 5.41) is 5.81. The van der Waals surface area contributed by atoms with E-state index in [-0.39, 0.29) is 5.29 Å². The van der Waals surface area contributed by atoms with Crippen LogP contribution in [0.15, 0.2) is 4.99 Å². The lowest BCUT2D eigenvalue weighted by Crippen LogP contribution is -2.02. The minimum absolute atomic E-state index is 0.222. The molecule has 0 rings (SSSR count). The molecule has 0 fully saturated rings. The van der Waals surface area contributed by atoms with E-state index in [1.807, 2.05) is 0 Å². The molecule has 40 valence electrons. The lowest BCUT2D eigenvalue weighted by molar-refractivity contribution is 1.49. The molecule has 3 nitrogen and oxygen atoms in total. The van der Waals surface area contributed by atoms with Crippen molar-refractivity contribution in [1.82, 2.24) is 0 Å². The number of aliphatic imine (C=N–C) groups is 1. The third-order valence-corrected chi connectivity index (χ3v) is 0.374. The van der Waals surface area contributed by atoms with E-state index in [0.29, 0.717) is 0 Å². The molecule has 0 amide bonds. The predicted molar refractivity (Wildman–Crippen MR) is 31.1 cm³/mol. The van der Waals surface area contributed by atoms with Crippen LogP contribution in [0, 0.1) is 5.41 Å². The van der Waals surface area contributed by atoms with Gasteiger partial charge in [0, 0.05) is 0 Å². The molecule has 7 heavy (non-hydrogen) atoms. The van der Waals surface area contributed by atoms with Gasteiger partial charge in [0.25, 0.3) is 0 Å². The fourth-order valence-electron chi connectivity index (χ4n) is 0.0938. The summed E-state index contributed by atoms with van der Waals surface area (Å²) in [4.78, 5) is 3.09. The van der Waals surface area contributed by atoms with Gasteiger partial charge in [-0.2, -0.15) is 4.99 Å². The molecule has 0 bridgehead atoms. The van der Waals surface area contributed by atoms with Gasteiger partial charge < -0.3 is 5.73 Å². The van der Waals surface area contributed by atoms with Crippen molar-refractivity contribution >= 4 is 33.8 Å². The lowest BCUT2D eigenvalue weighted by atomic mass is 11.2. The van der Waals surface area contributed by atoms with Crippen LogP contribution in [0.3, 0.4) is 0 Å². The van der Waals surface area contributed by atoms with Crippen molar-refractivity contribution in [3.8, 4) is 0 Å². The summed E-state index contributed by atoms with van der Waals surface area (Å²) >= 11 is 9.88. The maximum atomic E-state index is 6.44. The molecule has 0 unspecified atom stereocenters. The van der Waals surface area contributed by atoms with Gasteiger partial charge in [0.15, 0.2) is 5.29 Å². The second-order valence-corrected chi connectivity index (χ2v) is 1.47. The third kappa shape index (κ3) is 5.72. The second-order valence-electron chi connectivity index (χ2n) is 0.725. The van der Waals surface area contributed by atoms with E-state index >= 15 is 0 Å². The molecule has 5 heteroatoms. The molecule has 3 N–H and O–H groups in total. The van der Waals surface area contributed by atoms with Gasteiger partial charge in [-0.1, -0.05) is 0 Å². The zero-order valence-corrected chi connectivity index (χ0v) is 4.79. The summed E-state index contributed by atoms with van der Waals surface area (Å²) in [5.41, 5.74) is 4.78. The van der Waals surface area contributed by atoms with Crippen LogP contribution >= 0.6 is 23.2 Å². The summed E-state index contributed by atoms with van der Waals surface area (Å²) in [6.07, 6.45) is 0. The molecular weight excluding hydrogens is 137 g/mol. The maximum Gasteiger partial charge on any atom is 0.217 e. The van der Waals surface area contributed by atoms with E-state index in [9.17, 15) is 0 Å². The first-order valence-corrected chi connectivity index (χ1v) is 2.12. The topological polar surface area (TPSA) is 62.2 Å². The molecule has 0 aromatic rings. The molecular formula is C2H3Cl2N3. The van der Waals surface area contributed by atoms with Gasteiger partial charge in [0.05, 0.1) is 0 Å². The smallest absolute Gasteiger partial charge is 0.217 e. The number of hydrogen-bond donors (Lipinski definition) is 2. The van der Waals surface area contributed by atoms with Crippen molar-refractivity contribution < 1.29 is 0 Å². The number of nitrogens with two attached hydrogens (primary N) is 1. The van der Waals surface area contributed by atoms with E-state index < -0.39 is 5.29 Å². The maximum absolute atomic E-state index is 6.44. The Morgan fingerprint density at radius 3 is 2.00 bits per heavy atom. The Morgan fingerprint density at radius 2 is 2.00 bits per heavy atom. The Labute approximate surface area is 50.6 Å². The van der Waals surface area contributed by atoms with Crippen molar-refractivity contribution in [2.24, 2.45) is 10.7 Å². The average molecular weight is 140 g/mol. The molecule has 0 aromatic heterocycles. The number of halogens is 2. The Bertz CT molecular complexity index is 104. The van der Waals surface area contributed by atoms with Crippen molar-refractivity contribution in [2.45, 2.75) is 0 Å². The van der Waals surface area contributed by atoms with Crippen LogP contribution in [0.5, 0.6) is 0 Å². The summed E-state index contributed by atoms with van der Waals surface area (Å²) < 4.78 is 0. The summed E-state index contributed by atoms with van der Waals surface area (Å²) in [6.45, 7) is 0. The molecule has 0 saturated carbocycles. The summed E-state index contributed by atoms with van der Waals surface area (Å²) in [7, 11) is 0. The number of nitrogens with one attached hydrogen (secondary N) is 1. The van der Waals surface area contributed by atoms with E-state index in [2.05, 4.69) is 4.99 Å². The second kappa shape index (κ2) is 2.82. The zero-order valence-electron chi connectivity index (χ0n) is 3.28. The van der Waals surface area contributed by atoms with E-state index in [0.717, 1.165) is 0 Å². The highest BCUT2D eigenvalue weighted by Crippen LogP contribution is 1.83. The minimum atomic E-state index is -0.410. The van der Waals surface area contributed by atoms with Crippen LogP contribution in [0.2, 0.25) is 0 Å². The van der Waals surface area contributed by atoms with Crippen LogP contribution in [-0.2, 0) is 0 Å². The first-order chi connectivity index (χ1) is 3.13. The van der Waals surface area contributed by atoms with Gasteiger partial charge in [0.2, 0.25) is 5.29 Å². The summed E-state index contributed by atoms with van der Waals surface area (Å²) in [5.74, 6) is 0. The monoisotopic (exact) mass is 139 g/mol. The quantitative estimate of drug-likeness (QED) is 0.290. The first-order valence-electron chi connectivity index (χ1n) is 1.36. The van der Waals surface area contributed by atoms with Crippen molar-refractivity contribution in [3.05, 3.63) is 0 Å².